The van der Waals surface area contributed by atoms with Gasteiger partial charge in [-0.3, -0.25) is 9.89 Å². The van der Waals surface area contributed by atoms with E-state index in [9.17, 15) is 4.79 Å². The topological polar surface area (TPSA) is 75.0 Å². The fraction of sp³-hybridized carbons (Fsp3) is 0.500. The van der Waals surface area contributed by atoms with Crippen molar-refractivity contribution in [3.63, 3.8) is 0 Å². The Balaban J connectivity index is 1.65. The van der Waals surface area contributed by atoms with Crippen LogP contribution in [0.25, 0.3) is 0 Å². The van der Waals surface area contributed by atoms with Gasteiger partial charge in [-0.1, -0.05) is 0 Å². The molecular formula is C14H18N4O2. The number of aromatic nitrogens is 3. The molecule has 1 unspecified atom stereocenters. The van der Waals surface area contributed by atoms with Crippen molar-refractivity contribution in [3.8, 4) is 0 Å². The first kappa shape index (κ1) is 12.9. The van der Waals surface area contributed by atoms with Crippen LogP contribution >= 0.6 is 0 Å². The number of nitrogens with one attached hydrogen (secondary N) is 1. The third-order valence-electron chi connectivity index (χ3n) is 3.88. The van der Waals surface area contributed by atoms with Gasteiger partial charge in [-0.25, -0.2) is 4.98 Å². The van der Waals surface area contributed by atoms with E-state index in [1.54, 1.807) is 0 Å². The molecule has 20 heavy (non-hydrogen) atoms. The van der Waals surface area contributed by atoms with Crippen molar-refractivity contribution >= 4 is 5.91 Å². The molecule has 106 valence electrons. The van der Waals surface area contributed by atoms with Gasteiger partial charge in [0.25, 0.3) is 5.91 Å². The smallest absolute Gasteiger partial charge is 0.291 e. The Kier molecular flexibility index (Phi) is 3.54. The Morgan fingerprint density at radius 1 is 1.55 bits per heavy atom. The Morgan fingerprint density at radius 3 is 3.15 bits per heavy atom. The second-order valence-corrected chi connectivity index (χ2v) is 5.36. The van der Waals surface area contributed by atoms with E-state index in [0.717, 1.165) is 32.4 Å². The van der Waals surface area contributed by atoms with Gasteiger partial charge in [0.15, 0.2) is 6.39 Å². The molecular weight excluding hydrogens is 256 g/mol. The molecule has 1 atom stereocenters. The zero-order chi connectivity index (χ0) is 13.9. The van der Waals surface area contributed by atoms with Crippen molar-refractivity contribution in [2.75, 3.05) is 13.1 Å². The van der Waals surface area contributed by atoms with Crippen molar-refractivity contribution in [1.29, 1.82) is 0 Å². The van der Waals surface area contributed by atoms with E-state index in [2.05, 4.69) is 22.1 Å². The lowest BCUT2D eigenvalue weighted by Crippen LogP contribution is -2.40. The fourth-order valence-corrected chi connectivity index (χ4v) is 2.76. The maximum atomic E-state index is 12.2. The van der Waals surface area contributed by atoms with Gasteiger partial charge in [0.2, 0.25) is 5.76 Å². The largest absolute Gasteiger partial charge is 0.438 e. The number of piperidine rings is 1. The van der Waals surface area contributed by atoms with Crippen LogP contribution in [-0.4, -0.2) is 39.1 Å². The average molecular weight is 274 g/mol. The number of hydrogen-bond acceptors (Lipinski definition) is 4. The molecule has 6 heteroatoms. The second kappa shape index (κ2) is 5.48. The predicted molar refractivity (Wildman–Crippen MR) is 72.2 cm³/mol. The van der Waals surface area contributed by atoms with E-state index in [1.807, 2.05) is 11.1 Å². The van der Waals surface area contributed by atoms with Crippen LogP contribution in [0, 0.1) is 12.8 Å². The van der Waals surface area contributed by atoms with E-state index in [4.69, 9.17) is 4.42 Å². The maximum Gasteiger partial charge on any atom is 0.291 e. The minimum atomic E-state index is -0.0615. The number of likely N-dealkylation sites (tertiary alicyclic amines) is 1. The number of oxazole rings is 1. The summed E-state index contributed by atoms with van der Waals surface area (Å²) >= 11 is 0. The van der Waals surface area contributed by atoms with Crippen LogP contribution in [0.2, 0.25) is 0 Å². The van der Waals surface area contributed by atoms with Crippen molar-refractivity contribution in [2.24, 2.45) is 5.92 Å². The molecule has 0 saturated carbocycles. The molecule has 6 nitrogen and oxygen atoms in total. The number of H-pyrrole nitrogens is 1. The van der Waals surface area contributed by atoms with Gasteiger partial charge in [0.05, 0.1) is 12.4 Å². The zero-order valence-corrected chi connectivity index (χ0v) is 11.5. The van der Waals surface area contributed by atoms with Gasteiger partial charge in [0.1, 0.15) is 0 Å². The molecule has 0 spiro atoms. The van der Waals surface area contributed by atoms with Crippen LogP contribution in [-0.2, 0) is 6.42 Å². The van der Waals surface area contributed by atoms with E-state index in [0.29, 0.717) is 11.7 Å². The summed E-state index contributed by atoms with van der Waals surface area (Å²) in [6.07, 6.45) is 7.71. The molecule has 3 heterocycles. The summed E-state index contributed by atoms with van der Waals surface area (Å²) in [6, 6.07) is 0. The minimum Gasteiger partial charge on any atom is -0.438 e. The van der Waals surface area contributed by atoms with E-state index >= 15 is 0 Å². The lowest BCUT2D eigenvalue weighted by atomic mass is 9.92. The number of rotatable bonds is 3. The second-order valence-electron chi connectivity index (χ2n) is 5.36. The summed E-state index contributed by atoms with van der Waals surface area (Å²) in [5, 5.41) is 7.10. The van der Waals surface area contributed by atoms with E-state index in [1.165, 1.54) is 23.8 Å². The Hall–Kier alpha value is -2.11. The minimum absolute atomic E-state index is 0.0615. The first-order valence-electron chi connectivity index (χ1n) is 6.90. The number of nitrogens with zero attached hydrogens (tertiary/aromatic N) is 3. The highest BCUT2D eigenvalue weighted by atomic mass is 16.3. The number of aromatic amines is 1. The quantitative estimate of drug-likeness (QED) is 0.926. The Labute approximate surface area is 117 Å². The third-order valence-corrected chi connectivity index (χ3v) is 3.88. The summed E-state index contributed by atoms with van der Waals surface area (Å²) in [4.78, 5) is 17.9. The number of amides is 1. The van der Waals surface area contributed by atoms with Gasteiger partial charge in [-0.05, 0) is 37.7 Å². The summed E-state index contributed by atoms with van der Waals surface area (Å²) in [5.74, 6) is 0.728. The molecule has 3 rings (SSSR count). The van der Waals surface area contributed by atoms with Crippen LogP contribution in [0.4, 0.5) is 0 Å². The lowest BCUT2D eigenvalue weighted by Gasteiger charge is -2.32. The molecule has 1 saturated heterocycles. The highest BCUT2D eigenvalue weighted by molar-refractivity contribution is 5.91. The molecule has 1 aliphatic rings. The molecule has 1 fully saturated rings. The number of aryl methyl sites for hydroxylation is 1. The first-order valence-corrected chi connectivity index (χ1v) is 6.90. The lowest BCUT2D eigenvalue weighted by molar-refractivity contribution is 0.0640. The van der Waals surface area contributed by atoms with Gasteiger partial charge in [0, 0.05) is 18.8 Å². The highest BCUT2D eigenvalue weighted by Crippen LogP contribution is 2.22. The van der Waals surface area contributed by atoms with Crippen LogP contribution in [0.1, 0.15) is 34.7 Å². The monoisotopic (exact) mass is 274 g/mol. The van der Waals surface area contributed by atoms with Crippen molar-refractivity contribution in [1.82, 2.24) is 20.1 Å². The van der Waals surface area contributed by atoms with Crippen LogP contribution in [0.5, 0.6) is 0 Å². The normalized spacial score (nSPS) is 19.2. The molecule has 1 aliphatic heterocycles. The van der Waals surface area contributed by atoms with Crippen molar-refractivity contribution in [2.45, 2.75) is 26.2 Å². The average Bonchev–Trinajstić information content (AvgIpc) is 3.11. The van der Waals surface area contributed by atoms with Crippen LogP contribution in [0.15, 0.2) is 23.2 Å². The fourth-order valence-electron chi connectivity index (χ4n) is 2.76. The van der Waals surface area contributed by atoms with Crippen molar-refractivity contribution in [3.05, 3.63) is 35.8 Å². The van der Waals surface area contributed by atoms with E-state index in [-0.39, 0.29) is 5.91 Å². The van der Waals surface area contributed by atoms with Gasteiger partial charge < -0.3 is 9.32 Å². The first-order chi connectivity index (χ1) is 9.74. The Morgan fingerprint density at radius 2 is 2.45 bits per heavy atom. The van der Waals surface area contributed by atoms with Gasteiger partial charge in [-0.15, -0.1) is 0 Å². The predicted octanol–water partition coefficient (Wildman–Crippen LogP) is 1.80. The molecule has 1 amide bonds. The Bertz CT molecular complexity index is 576. The summed E-state index contributed by atoms with van der Waals surface area (Å²) < 4.78 is 5.09. The van der Waals surface area contributed by atoms with Gasteiger partial charge in [-0.2, -0.15) is 5.10 Å². The summed E-state index contributed by atoms with van der Waals surface area (Å²) in [7, 11) is 0. The van der Waals surface area contributed by atoms with Crippen molar-refractivity contribution < 1.29 is 9.21 Å². The number of carbonyl (C=O) groups is 1. The molecule has 0 aromatic carbocycles. The zero-order valence-electron chi connectivity index (χ0n) is 11.5. The van der Waals surface area contributed by atoms with Crippen LogP contribution in [0.3, 0.4) is 0 Å². The number of hydrogen-bond donors (Lipinski definition) is 1. The molecule has 2 aromatic rings. The maximum absolute atomic E-state index is 12.2. The summed E-state index contributed by atoms with van der Waals surface area (Å²) in [5.41, 5.74) is 2.35. The number of carbonyl (C=O) groups excluding carboxylic acids is 1. The highest BCUT2D eigenvalue weighted by Gasteiger charge is 2.26. The molecule has 1 N–H and O–H groups in total. The molecule has 2 aromatic heterocycles. The summed E-state index contributed by atoms with van der Waals surface area (Å²) in [6.45, 7) is 3.61. The molecule has 0 radical (unpaired) electrons. The standard InChI is InChI=1S/C14H18N4O2/c1-10-6-16-17-12(10)5-11-3-2-4-18(8-11)14(19)13-7-15-9-20-13/h6-7,9,11H,2-5,8H2,1H3,(H,16,17). The SMILES string of the molecule is Cc1cn[nH]c1CC1CCCN(C(=O)c2cnco2)C1. The third kappa shape index (κ3) is 2.59. The van der Waals surface area contributed by atoms with Crippen LogP contribution < -0.4 is 0 Å². The molecule has 0 aliphatic carbocycles. The van der Waals surface area contributed by atoms with E-state index < -0.39 is 0 Å². The van der Waals surface area contributed by atoms with Gasteiger partial charge >= 0.3 is 0 Å². The molecule has 0 bridgehead atoms.